The lowest BCUT2D eigenvalue weighted by atomic mass is 9.91. The number of hydrazine groups is 2. The van der Waals surface area contributed by atoms with E-state index in [1.165, 1.54) is 40.1 Å². The molecule has 5 nitrogen and oxygen atoms in total. The fourth-order valence-electron chi connectivity index (χ4n) is 4.45. The highest BCUT2D eigenvalue weighted by Gasteiger charge is 2.30. The first-order valence-corrected chi connectivity index (χ1v) is 10.3. The maximum Gasteiger partial charge on any atom is 0.123 e. The number of rotatable bonds is 3. The van der Waals surface area contributed by atoms with Crippen LogP contribution in [0.15, 0.2) is 54.2 Å². The van der Waals surface area contributed by atoms with Gasteiger partial charge in [0.1, 0.15) is 5.82 Å². The van der Waals surface area contributed by atoms with Gasteiger partial charge in [-0.2, -0.15) is 0 Å². The van der Waals surface area contributed by atoms with Crippen molar-refractivity contribution in [3.8, 4) is 0 Å². The smallest absolute Gasteiger partial charge is 0.123 e. The molecule has 5 rings (SSSR count). The summed E-state index contributed by atoms with van der Waals surface area (Å²) >= 11 is 0. The molecule has 0 saturated carbocycles. The summed E-state index contributed by atoms with van der Waals surface area (Å²) in [6.07, 6.45) is 4.27. The van der Waals surface area contributed by atoms with Gasteiger partial charge in [-0.15, -0.1) is 5.53 Å². The summed E-state index contributed by atoms with van der Waals surface area (Å²) < 4.78 is 13.4. The van der Waals surface area contributed by atoms with Crippen molar-refractivity contribution in [2.75, 3.05) is 25.0 Å². The highest BCUT2D eigenvalue weighted by atomic mass is 19.1. The maximum absolute atomic E-state index is 13.4. The molecule has 0 amide bonds. The molecule has 1 unspecified atom stereocenters. The van der Waals surface area contributed by atoms with Crippen molar-refractivity contribution in [2.24, 2.45) is 0 Å². The van der Waals surface area contributed by atoms with Crippen molar-refractivity contribution >= 4 is 17.0 Å². The van der Waals surface area contributed by atoms with Gasteiger partial charge in [-0.3, -0.25) is 5.01 Å². The van der Waals surface area contributed by atoms with E-state index in [1.54, 1.807) is 0 Å². The van der Waals surface area contributed by atoms with Gasteiger partial charge in [0.05, 0.1) is 17.4 Å². The second-order valence-corrected chi connectivity index (χ2v) is 7.84. The van der Waals surface area contributed by atoms with Crippen molar-refractivity contribution in [2.45, 2.75) is 25.8 Å². The Labute approximate surface area is 170 Å². The third-order valence-corrected chi connectivity index (χ3v) is 5.95. The summed E-state index contributed by atoms with van der Waals surface area (Å²) in [6, 6.07) is 13.6. The number of benzene rings is 2. The zero-order valence-corrected chi connectivity index (χ0v) is 16.6. The molecule has 3 heterocycles. The normalized spacial score (nSPS) is 21.1. The molecule has 1 atom stereocenters. The van der Waals surface area contributed by atoms with Crippen LogP contribution in [0.2, 0.25) is 0 Å². The predicted octanol–water partition coefficient (Wildman–Crippen LogP) is 3.77. The lowest BCUT2D eigenvalue weighted by Gasteiger charge is -2.22. The van der Waals surface area contributed by atoms with Gasteiger partial charge in [0.2, 0.25) is 0 Å². The first-order chi connectivity index (χ1) is 14.2. The molecule has 0 saturated heterocycles. The average Bonchev–Trinajstić information content (AvgIpc) is 3.05. The number of nitrogens with zero attached hydrogens (tertiary/aromatic N) is 1. The quantitative estimate of drug-likeness (QED) is 0.642. The number of anilines is 1. The van der Waals surface area contributed by atoms with Gasteiger partial charge in [0, 0.05) is 24.3 Å². The molecule has 29 heavy (non-hydrogen) atoms. The summed E-state index contributed by atoms with van der Waals surface area (Å²) in [5.41, 5.74) is 15.0. The van der Waals surface area contributed by atoms with E-state index in [0.29, 0.717) is 0 Å². The first-order valence-electron chi connectivity index (χ1n) is 10.3. The van der Waals surface area contributed by atoms with Gasteiger partial charge in [-0.05, 0) is 73.3 Å². The number of hydrogen-bond donors (Lipinski definition) is 4. The average molecular weight is 391 g/mol. The SMILES string of the molecule is CC1=C2c3ccc(C4=CCNCC4)cc3C(Nc3ccc(F)cc3)CCN2NN1. The molecule has 0 bridgehead atoms. The van der Waals surface area contributed by atoms with Crippen LogP contribution < -0.4 is 21.6 Å². The van der Waals surface area contributed by atoms with Gasteiger partial charge in [0.15, 0.2) is 0 Å². The molecule has 0 aromatic heterocycles. The van der Waals surface area contributed by atoms with Crippen molar-refractivity contribution in [1.29, 1.82) is 0 Å². The minimum Gasteiger partial charge on any atom is -0.378 e. The van der Waals surface area contributed by atoms with Crippen molar-refractivity contribution < 1.29 is 4.39 Å². The molecule has 4 N–H and O–H groups in total. The highest BCUT2D eigenvalue weighted by molar-refractivity contribution is 5.76. The third-order valence-electron chi connectivity index (χ3n) is 5.95. The predicted molar refractivity (Wildman–Crippen MR) is 115 cm³/mol. The van der Waals surface area contributed by atoms with Gasteiger partial charge in [-0.25, -0.2) is 4.39 Å². The molecule has 6 heteroatoms. The van der Waals surface area contributed by atoms with Crippen LogP contribution in [-0.2, 0) is 0 Å². The van der Waals surface area contributed by atoms with Crippen LogP contribution >= 0.6 is 0 Å². The molecule has 3 aliphatic heterocycles. The van der Waals surface area contributed by atoms with Crippen LogP contribution in [0.25, 0.3) is 11.3 Å². The Kier molecular flexibility index (Phi) is 4.73. The topological polar surface area (TPSA) is 51.4 Å². The van der Waals surface area contributed by atoms with Gasteiger partial charge < -0.3 is 16.1 Å². The monoisotopic (exact) mass is 391 g/mol. The van der Waals surface area contributed by atoms with Gasteiger partial charge >= 0.3 is 0 Å². The molecule has 2 aromatic carbocycles. The molecule has 0 fully saturated rings. The molecular formula is C23H26FN5. The van der Waals surface area contributed by atoms with E-state index >= 15 is 0 Å². The van der Waals surface area contributed by atoms with E-state index in [0.717, 1.165) is 43.9 Å². The standard InChI is InChI=1S/C23H26FN5/c1-15-23-20-7-2-17(16-8-11-25-12-9-16)14-21(20)22(10-13-29(23)28-27-15)26-19-5-3-18(24)4-6-19/h2-8,14,22,25-28H,9-13H2,1H3. The van der Waals surface area contributed by atoms with E-state index in [1.807, 2.05) is 12.1 Å². The largest absolute Gasteiger partial charge is 0.378 e. The fraction of sp³-hybridized carbons (Fsp3) is 0.304. The molecule has 0 radical (unpaired) electrons. The third kappa shape index (κ3) is 3.50. The second kappa shape index (κ2) is 7.54. The van der Waals surface area contributed by atoms with Crippen LogP contribution in [0.1, 0.15) is 42.5 Å². The second-order valence-electron chi connectivity index (χ2n) is 7.84. The fourth-order valence-corrected chi connectivity index (χ4v) is 4.45. The van der Waals surface area contributed by atoms with Crippen LogP contribution in [0, 0.1) is 5.82 Å². The Balaban J connectivity index is 1.58. The molecule has 150 valence electrons. The summed E-state index contributed by atoms with van der Waals surface area (Å²) in [7, 11) is 0. The Hall–Kier alpha value is -2.83. The Morgan fingerprint density at radius 3 is 2.79 bits per heavy atom. The number of fused-ring (bicyclic) bond motifs is 3. The summed E-state index contributed by atoms with van der Waals surface area (Å²) in [6.45, 7) is 4.92. The van der Waals surface area contributed by atoms with Gasteiger partial charge in [-0.1, -0.05) is 18.2 Å². The van der Waals surface area contributed by atoms with Crippen molar-refractivity contribution in [3.05, 3.63) is 76.7 Å². The number of halogens is 1. The Morgan fingerprint density at radius 1 is 1.14 bits per heavy atom. The minimum atomic E-state index is -0.214. The molecule has 3 aliphatic rings. The summed E-state index contributed by atoms with van der Waals surface area (Å²) in [5, 5.41) is 9.22. The zero-order chi connectivity index (χ0) is 19.8. The number of allylic oxidation sites excluding steroid dienone is 1. The van der Waals surface area contributed by atoms with Crippen LogP contribution in [0.4, 0.5) is 10.1 Å². The Bertz CT molecular complexity index is 979. The molecule has 0 aliphatic carbocycles. The lowest BCUT2D eigenvalue weighted by molar-refractivity contribution is 0.281. The van der Waals surface area contributed by atoms with E-state index in [-0.39, 0.29) is 11.9 Å². The zero-order valence-electron chi connectivity index (χ0n) is 16.6. The summed E-state index contributed by atoms with van der Waals surface area (Å²) in [5.74, 6) is -0.214. The first kappa shape index (κ1) is 18.2. The van der Waals surface area contributed by atoms with Crippen LogP contribution in [-0.4, -0.2) is 24.6 Å². The minimum absolute atomic E-state index is 0.144. The number of nitrogens with one attached hydrogen (secondary N) is 4. The van der Waals surface area contributed by atoms with Crippen LogP contribution in [0.3, 0.4) is 0 Å². The van der Waals surface area contributed by atoms with Gasteiger partial charge in [0.25, 0.3) is 0 Å². The van der Waals surface area contributed by atoms with E-state index < -0.39 is 0 Å². The number of hydrogen-bond acceptors (Lipinski definition) is 5. The van der Waals surface area contributed by atoms with E-state index in [4.69, 9.17) is 0 Å². The van der Waals surface area contributed by atoms with E-state index in [9.17, 15) is 4.39 Å². The lowest BCUT2D eigenvalue weighted by Crippen LogP contribution is -2.37. The molecule has 0 spiro atoms. The highest BCUT2D eigenvalue weighted by Crippen LogP contribution is 2.38. The molecule has 2 aromatic rings. The maximum atomic E-state index is 13.4. The van der Waals surface area contributed by atoms with Crippen LogP contribution in [0.5, 0.6) is 0 Å². The van der Waals surface area contributed by atoms with E-state index in [2.05, 4.69) is 57.8 Å². The Morgan fingerprint density at radius 2 is 2.00 bits per heavy atom. The summed E-state index contributed by atoms with van der Waals surface area (Å²) in [4.78, 5) is 0. The van der Waals surface area contributed by atoms with Crippen molar-refractivity contribution in [3.63, 3.8) is 0 Å². The molecular weight excluding hydrogens is 365 g/mol. The van der Waals surface area contributed by atoms with Crippen molar-refractivity contribution in [1.82, 2.24) is 21.3 Å².